The van der Waals surface area contributed by atoms with Crippen LogP contribution >= 0.6 is 0 Å². The zero-order valence-electron chi connectivity index (χ0n) is 8.31. The quantitative estimate of drug-likeness (QED) is 0.734. The van der Waals surface area contributed by atoms with Crippen molar-refractivity contribution < 1.29 is 4.79 Å². The van der Waals surface area contributed by atoms with Crippen molar-refractivity contribution in [2.75, 3.05) is 13.1 Å². The highest BCUT2D eigenvalue weighted by Crippen LogP contribution is 2.12. The minimum Gasteiger partial charge on any atom is -0.344 e. The van der Waals surface area contributed by atoms with Crippen molar-refractivity contribution in [3.63, 3.8) is 0 Å². The Balaban J connectivity index is 2.11. The maximum atomic E-state index is 11.9. The number of carbonyl (C=O) groups is 1. The van der Waals surface area contributed by atoms with Crippen LogP contribution in [0.5, 0.6) is 0 Å². The Morgan fingerprint density at radius 1 is 1.64 bits per heavy atom. The van der Waals surface area contributed by atoms with E-state index in [1.165, 1.54) is 0 Å². The maximum Gasteiger partial charge on any atom is 0.270 e. The summed E-state index contributed by atoms with van der Waals surface area (Å²) >= 11 is 0. The van der Waals surface area contributed by atoms with E-state index in [0.29, 0.717) is 13.1 Å². The molecule has 0 saturated carbocycles. The largest absolute Gasteiger partial charge is 0.344 e. The van der Waals surface area contributed by atoms with Crippen molar-refractivity contribution in [2.45, 2.75) is 19.5 Å². The first-order valence-electron chi connectivity index (χ1n) is 4.92. The van der Waals surface area contributed by atoms with Crippen LogP contribution in [0.3, 0.4) is 0 Å². The van der Waals surface area contributed by atoms with E-state index in [1.807, 2.05) is 29.8 Å². The third-order valence-corrected chi connectivity index (χ3v) is 2.59. The topological polar surface area (TPSA) is 51.3 Å². The predicted molar refractivity (Wildman–Crippen MR) is 54.0 cm³/mol. The zero-order chi connectivity index (χ0) is 10.1. The van der Waals surface area contributed by atoms with Crippen LogP contribution in [0, 0.1) is 0 Å². The average molecular weight is 193 g/mol. The molecule has 0 aromatic carbocycles. The van der Waals surface area contributed by atoms with Gasteiger partial charge in [0, 0.05) is 31.9 Å². The molecule has 2 N–H and O–H groups in total. The Morgan fingerprint density at radius 3 is 2.93 bits per heavy atom. The van der Waals surface area contributed by atoms with Crippen LogP contribution in [0.2, 0.25) is 0 Å². The molecule has 1 aliphatic heterocycles. The van der Waals surface area contributed by atoms with Gasteiger partial charge in [0.25, 0.3) is 5.91 Å². The van der Waals surface area contributed by atoms with Gasteiger partial charge in [-0.25, -0.2) is 0 Å². The molecule has 2 heterocycles. The van der Waals surface area contributed by atoms with Gasteiger partial charge >= 0.3 is 0 Å². The Kier molecular flexibility index (Phi) is 2.29. The van der Waals surface area contributed by atoms with Crippen molar-refractivity contribution in [3.05, 3.63) is 24.0 Å². The lowest BCUT2D eigenvalue weighted by atomic mass is 10.1. The summed E-state index contributed by atoms with van der Waals surface area (Å²) in [5, 5.41) is 0. The second kappa shape index (κ2) is 3.46. The highest BCUT2D eigenvalue weighted by Gasteiger charge is 2.29. The van der Waals surface area contributed by atoms with Crippen molar-refractivity contribution >= 4 is 5.91 Å². The number of likely N-dealkylation sites (tertiary alicyclic amines) is 1. The van der Waals surface area contributed by atoms with E-state index in [1.54, 1.807) is 4.90 Å². The fourth-order valence-electron chi connectivity index (χ4n) is 1.72. The van der Waals surface area contributed by atoms with E-state index in [9.17, 15) is 4.79 Å². The predicted octanol–water partition coefficient (Wildman–Crippen LogP) is 0.291. The van der Waals surface area contributed by atoms with Crippen LogP contribution < -0.4 is 5.73 Å². The summed E-state index contributed by atoms with van der Waals surface area (Å²) in [5.74, 6) is 0.0959. The van der Waals surface area contributed by atoms with Gasteiger partial charge in [-0.1, -0.05) is 0 Å². The number of carbonyl (C=O) groups excluding carboxylic acids is 1. The normalized spacial score (nSPS) is 16.9. The molecule has 1 saturated heterocycles. The minimum atomic E-state index is 0.0959. The lowest BCUT2D eigenvalue weighted by Gasteiger charge is -2.36. The molecule has 76 valence electrons. The van der Waals surface area contributed by atoms with Crippen molar-refractivity contribution in [3.8, 4) is 0 Å². The van der Waals surface area contributed by atoms with Crippen LogP contribution in [0.4, 0.5) is 0 Å². The molecule has 4 nitrogen and oxygen atoms in total. The Morgan fingerprint density at radius 2 is 2.36 bits per heavy atom. The van der Waals surface area contributed by atoms with Crippen LogP contribution in [0.15, 0.2) is 18.3 Å². The molecule has 1 fully saturated rings. The summed E-state index contributed by atoms with van der Waals surface area (Å²) in [4.78, 5) is 13.6. The summed E-state index contributed by atoms with van der Waals surface area (Å²) in [6.07, 6.45) is 1.92. The fraction of sp³-hybridized carbons (Fsp3) is 0.500. The zero-order valence-corrected chi connectivity index (χ0v) is 8.31. The number of nitrogens with two attached hydrogens (primary N) is 1. The maximum absolute atomic E-state index is 11.9. The van der Waals surface area contributed by atoms with Gasteiger partial charge in [-0.15, -0.1) is 0 Å². The molecule has 1 aliphatic rings. The smallest absolute Gasteiger partial charge is 0.270 e. The lowest BCUT2D eigenvalue weighted by molar-refractivity contribution is 0.0597. The van der Waals surface area contributed by atoms with Crippen LogP contribution in [-0.4, -0.2) is 34.5 Å². The number of aryl methyl sites for hydroxylation is 1. The minimum absolute atomic E-state index is 0.0959. The average Bonchev–Trinajstić information content (AvgIpc) is 2.59. The van der Waals surface area contributed by atoms with Gasteiger partial charge < -0.3 is 15.2 Å². The number of hydrogen-bond donors (Lipinski definition) is 1. The molecule has 0 atom stereocenters. The summed E-state index contributed by atoms with van der Waals surface area (Å²) < 4.78 is 1.95. The summed E-state index contributed by atoms with van der Waals surface area (Å²) in [7, 11) is 0. The number of aromatic nitrogens is 1. The Labute approximate surface area is 83.3 Å². The van der Waals surface area contributed by atoms with Crippen LogP contribution in [0.1, 0.15) is 17.4 Å². The Hall–Kier alpha value is -1.29. The molecular weight excluding hydrogens is 178 g/mol. The molecule has 0 bridgehead atoms. The highest BCUT2D eigenvalue weighted by molar-refractivity contribution is 5.93. The van der Waals surface area contributed by atoms with E-state index < -0.39 is 0 Å². The van der Waals surface area contributed by atoms with E-state index >= 15 is 0 Å². The first-order chi connectivity index (χ1) is 6.72. The third-order valence-electron chi connectivity index (χ3n) is 2.59. The van der Waals surface area contributed by atoms with Gasteiger partial charge in [-0.2, -0.15) is 0 Å². The Bertz CT molecular complexity index is 339. The molecule has 0 radical (unpaired) electrons. The number of hydrogen-bond acceptors (Lipinski definition) is 2. The molecule has 1 amide bonds. The van der Waals surface area contributed by atoms with Gasteiger partial charge in [0.2, 0.25) is 0 Å². The number of amides is 1. The van der Waals surface area contributed by atoms with E-state index in [0.717, 1.165) is 12.2 Å². The van der Waals surface area contributed by atoms with Crippen molar-refractivity contribution in [2.24, 2.45) is 5.73 Å². The van der Waals surface area contributed by atoms with Gasteiger partial charge in [0.1, 0.15) is 5.69 Å². The molecule has 2 rings (SSSR count). The van der Waals surface area contributed by atoms with Crippen molar-refractivity contribution in [1.29, 1.82) is 0 Å². The van der Waals surface area contributed by atoms with Gasteiger partial charge in [-0.3, -0.25) is 4.79 Å². The van der Waals surface area contributed by atoms with E-state index in [-0.39, 0.29) is 11.9 Å². The third kappa shape index (κ3) is 1.42. The molecule has 14 heavy (non-hydrogen) atoms. The molecule has 0 spiro atoms. The first-order valence-corrected chi connectivity index (χ1v) is 4.92. The molecule has 0 unspecified atom stereocenters. The first kappa shape index (κ1) is 9.27. The SMILES string of the molecule is CCn1cccc1C(=O)N1CC(N)C1. The fourth-order valence-corrected chi connectivity index (χ4v) is 1.72. The summed E-state index contributed by atoms with van der Waals surface area (Å²) in [5.41, 5.74) is 6.39. The standard InChI is InChI=1S/C10H15N3O/c1-2-12-5-3-4-9(12)10(14)13-6-8(11)7-13/h3-5,8H,2,6-7,11H2,1H3. The molecule has 4 heteroatoms. The molecular formula is C10H15N3O. The molecule has 1 aromatic heterocycles. The van der Waals surface area contributed by atoms with Gasteiger partial charge in [0.15, 0.2) is 0 Å². The second-order valence-corrected chi connectivity index (χ2v) is 3.65. The summed E-state index contributed by atoms with van der Waals surface area (Å²) in [6, 6.07) is 3.93. The molecule has 0 aliphatic carbocycles. The van der Waals surface area contributed by atoms with Gasteiger partial charge in [0.05, 0.1) is 0 Å². The van der Waals surface area contributed by atoms with Crippen LogP contribution in [0.25, 0.3) is 0 Å². The number of nitrogens with zero attached hydrogens (tertiary/aromatic N) is 2. The monoisotopic (exact) mass is 193 g/mol. The van der Waals surface area contributed by atoms with E-state index in [2.05, 4.69) is 0 Å². The van der Waals surface area contributed by atoms with Crippen LogP contribution in [-0.2, 0) is 6.54 Å². The second-order valence-electron chi connectivity index (χ2n) is 3.65. The highest BCUT2D eigenvalue weighted by atomic mass is 16.2. The summed E-state index contributed by atoms with van der Waals surface area (Å²) in [6.45, 7) is 4.23. The number of rotatable bonds is 2. The van der Waals surface area contributed by atoms with Crippen molar-refractivity contribution in [1.82, 2.24) is 9.47 Å². The lowest BCUT2D eigenvalue weighted by Crippen LogP contribution is -2.58. The van der Waals surface area contributed by atoms with Gasteiger partial charge in [-0.05, 0) is 19.1 Å². The van der Waals surface area contributed by atoms with E-state index in [4.69, 9.17) is 5.73 Å². The molecule has 1 aromatic rings.